The first-order valence-electron chi connectivity index (χ1n) is 10.2. The van der Waals surface area contributed by atoms with Crippen molar-refractivity contribution in [2.75, 3.05) is 26.5 Å². The van der Waals surface area contributed by atoms with E-state index in [2.05, 4.69) is 17.9 Å². The van der Waals surface area contributed by atoms with Crippen LogP contribution in [0.15, 0.2) is 46.8 Å². The van der Waals surface area contributed by atoms with Gasteiger partial charge in [-0.3, -0.25) is 29.9 Å². The Morgan fingerprint density at radius 3 is 2.06 bits per heavy atom. The summed E-state index contributed by atoms with van der Waals surface area (Å²) < 4.78 is 9.80. The van der Waals surface area contributed by atoms with E-state index < -0.39 is 47.2 Å². The minimum atomic E-state index is -1.27. The molecule has 2 N–H and O–H groups in total. The lowest BCUT2D eigenvalue weighted by atomic mass is 9.79. The second kappa shape index (κ2) is 11.6. The van der Waals surface area contributed by atoms with Crippen LogP contribution in [0.4, 0.5) is 5.69 Å². The number of nitro benzene ring substituents is 1. The average Bonchev–Trinajstić information content (AvgIpc) is 2.82. The molecule has 0 spiro atoms. The van der Waals surface area contributed by atoms with Crippen LogP contribution in [0.2, 0.25) is 0 Å². The van der Waals surface area contributed by atoms with Crippen LogP contribution >= 0.6 is 12.6 Å². The van der Waals surface area contributed by atoms with Gasteiger partial charge in [-0.05, 0) is 13.8 Å². The van der Waals surface area contributed by atoms with Gasteiger partial charge in [-0.15, -0.1) is 0 Å². The number of hydrogen-bond donors (Lipinski definition) is 3. The van der Waals surface area contributed by atoms with Gasteiger partial charge in [-0.2, -0.15) is 12.6 Å². The van der Waals surface area contributed by atoms with Gasteiger partial charge in [0.25, 0.3) is 5.69 Å². The SMILES string of the molecule is COC(=O)C1=C(C)N(C(=O)CN[C@@H](CS)C(=O)O)C(C)=C(C(=O)OC)C1c1ccccc1[N+](=O)[O-]. The van der Waals surface area contributed by atoms with Gasteiger partial charge in [-0.1, -0.05) is 18.2 Å². The molecule has 0 saturated heterocycles. The summed E-state index contributed by atoms with van der Waals surface area (Å²) in [5.41, 5.74) is -0.539. The van der Waals surface area contributed by atoms with E-state index in [9.17, 15) is 34.4 Å². The number of carboxylic acids is 1. The fourth-order valence-corrected chi connectivity index (χ4v) is 4.19. The van der Waals surface area contributed by atoms with E-state index in [1.165, 1.54) is 38.1 Å². The minimum Gasteiger partial charge on any atom is -0.480 e. The lowest BCUT2D eigenvalue weighted by Gasteiger charge is -2.36. The number of nitro groups is 1. The number of methoxy groups -OCH3 is 2. The van der Waals surface area contributed by atoms with Crippen molar-refractivity contribution in [2.45, 2.75) is 25.8 Å². The van der Waals surface area contributed by atoms with Gasteiger partial charge in [-0.25, -0.2) is 9.59 Å². The molecule has 0 aromatic heterocycles. The van der Waals surface area contributed by atoms with Crippen molar-refractivity contribution < 1.29 is 38.7 Å². The fraction of sp³-hybridized carbons (Fsp3) is 0.364. The zero-order chi connectivity index (χ0) is 26.4. The summed E-state index contributed by atoms with van der Waals surface area (Å²) in [7, 11) is 2.19. The van der Waals surface area contributed by atoms with Crippen molar-refractivity contribution in [3.05, 3.63) is 62.5 Å². The summed E-state index contributed by atoms with van der Waals surface area (Å²) >= 11 is 3.94. The molecule has 35 heavy (non-hydrogen) atoms. The van der Waals surface area contributed by atoms with Gasteiger partial charge in [0.15, 0.2) is 0 Å². The Hall–Kier alpha value is -3.71. The van der Waals surface area contributed by atoms with E-state index >= 15 is 0 Å². The number of aliphatic carboxylic acids is 1. The molecular weight excluding hydrogens is 482 g/mol. The highest BCUT2D eigenvalue weighted by atomic mass is 32.1. The lowest BCUT2D eigenvalue weighted by Crippen LogP contribution is -2.46. The quantitative estimate of drug-likeness (QED) is 0.192. The number of para-hydroxylation sites is 1. The maximum absolute atomic E-state index is 13.2. The third-order valence-electron chi connectivity index (χ3n) is 5.51. The third kappa shape index (κ3) is 5.52. The Morgan fingerprint density at radius 1 is 1.11 bits per heavy atom. The predicted molar refractivity (Wildman–Crippen MR) is 125 cm³/mol. The smallest absolute Gasteiger partial charge is 0.336 e. The second-order valence-electron chi connectivity index (χ2n) is 7.41. The monoisotopic (exact) mass is 507 g/mol. The molecule has 12 nitrogen and oxygen atoms in total. The molecule has 0 aliphatic carbocycles. The number of ether oxygens (including phenoxy) is 2. The molecule has 1 aromatic carbocycles. The minimum absolute atomic E-state index is 0.0308. The number of nitrogens with one attached hydrogen (secondary N) is 1. The number of rotatable bonds is 9. The predicted octanol–water partition coefficient (Wildman–Crippen LogP) is 1.39. The van der Waals surface area contributed by atoms with E-state index in [-0.39, 0.29) is 39.5 Å². The number of carbonyl (C=O) groups is 4. The molecule has 0 unspecified atom stereocenters. The standard InChI is InChI=1S/C22H25N3O9S/c1-11-17(21(29)33-3)19(13-7-5-6-8-15(13)25(31)32)18(22(30)34-4)12(2)24(11)16(26)9-23-14(10-35)20(27)28/h5-8,14,19,23,35H,9-10H2,1-4H3,(H,27,28)/t14-/m0/s1. The number of amides is 1. The van der Waals surface area contributed by atoms with Crippen LogP contribution in [0.1, 0.15) is 25.3 Å². The molecule has 188 valence electrons. The summed E-state index contributed by atoms with van der Waals surface area (Å²) in [5.74, 6) is -5.08. The van der Waals surface area contributed by atoms with Gasteiger partial charge < -0.3 is 14.6 Å². The van der Waals surface area contributed by atoms with E-state index in [1.54, 1.807) is 0 Å². The Bertz CT molecular complexity index is 1090. The van der Waals surface area contributed by atoms with E-state index in [1.807, 2.05) is 0 Å². The number of carboxylic acid groups (broad SMARTS) is 1. The van der Waals surface area contributed by atoms with Gasteiger partial charge in [0, 0.05) is 28.8 Å². The lowest BCUT2D eigenvalue weighted by molar-refractivity contribution is -0.385. The number of nitrogens with zero attached hydrogens (tertiary/aromatic N) is 2. The Morgan fingerprint density at radius 2 is 1.63 bits per heavy atom. The van der Waals surface area contributed by atoms with Gasteiger partial charge >= 0.3 is 17.9 Å². The summed E-state index contributed by atoms with van der Waals surface area (Å²) in [6.07, 6.45) is 0. The largest absolute Gasteiger partial charge is 0.480 e. The molecule has 0 saturated carbocycles. The van der Waals surface area contributed by atoms with Crippen LogP contribution in [0.25, 0.3) is 0 Å². The normalized spacial score (nSPS) is 15.1. The molecule has 13 heteroatoms. The first kappa shape index (κ1) is 27.5. The summed E-state index contributed by atoms with van der Waals surface area (Å²) in [6.45, 7) is 2.39. The van der Waals surface area contributed by atoms with Crippen molar-refractivity contribution in [1.82, 2.24) is 10.2 Å². The van der Waals surface area contributed by atoms with Gasteiger partial charge in [0.2, 0.25) is 5.91 Å². The third-order valence-corrected chi connectivity index (χ3v) is 5.88. The maximum atomic E-state index is 13.2. The first-order valence-corrected chi connectivity index (χ1v) is 10.9. The Balaban J connectivity index is 2.76. The van der Waals surface area contributed by atoms with Crippen molar-refractivity contribution in [2.24, 2.45) is 0 Å². The topological polar surface area (TPSA) is 165 Å². The summed E-state index contributed by atoms with van der Waals surface area (Å²) in [6, 6.07) is 4.46. The second-order valence-corrected chi connectivity index (χ2v) is 7.78. The average molecular weight is 508 g/mol. The number of esters is 2. The molecule has 1 aliphatic rings. The van der Waals surface area contributed by atoms with Gasteiger partial charge in [0.1, 0.15) is 6.04 Å². The maximum Gasteiger partial charge on any atom is 0.336 e. The van der Waals surface area contributed by atoms with Crippen molar-refractivity contribution >= 4 is 42.1 Å². The van der Waals surface area contributed by atoms with E-state index in [0.717, 1.165) is 19.1 Å². The molecule has 1 heterocycles. The zero-order valence-electron chi connectivity index (χ0n) is 19.4. The summed E-state index contributed by atoms with van der Waals surface area (Å²) in [4.78, 5) is 62.4. The van der Waals surface area contributed by atoms with Crippen molar-refractivity contribution in [1.29, 1.82) is 0 Å². The summed E-state index contributed by atoms with van der Waals surface area (Å²) in [5, 5.41) is 23.5. The van der Waals surface area contributed by atoms with Gasteiger partial charge in [0.05, 0.1) is 42.8 Å². The van der Waals surface area contributed by atoms with Crippen LogP contribution in [-0.2, 0) is 28.7 Å². The molecule has 0 radical (unpaired) electrons. The number of benzene rings is 1. The van der Waals surface area contributed by atoms with Crippen LogP contribution in [0.3, 0.4) is 0 Å². The molecule has 1 atom stereocenters. The van der Waals surface area contributed by atoms with Crippen LogP contribution in [0, 0.1) is 10.1 Å². The van der Waals surface area contributed by atoms with Crippen LogP contribution < -0.4 is 5.32 Å². The highest BCUT2D eigenvalue weighted by molar-refractivity contribution is 7.80. The van der Waals surface area contributed by atoms with Crippen molar-refractivity contribution in [3.8, 4) is 0 Å². The van der Waals surface area contributed by atoms with E-state index in [4.69, 9.17) is 9.47 Å². The highest BCUT2D eigenvalue weighted by Gasteiger charge is 2.44. The Kier molecular flexibility index (Phi) is 9.14. The number of carbonyl (C=O) groups excluding carboxylic acids is 3. The molecule has 1 aliphatic heterocycles. The fourth-order valence-electron chi connectivity index (χ4n) is 3.91. The zero-order valence-corrected chi connectivity index (χ0v) is 20.3. The molecule has 1 amide bonds. The van der Waals surface area contributed by atoms with Crippen LogP contribution in [0.5, 0.6) is 0 Å². The molecule has 0 fully saturated rings. The first-order chi connectivity index (χ1) is 16.5. The number of thiol groups is 1. The molecule has 2 rings (SSSR count). The van der Waals surface area contributed by atoms with Crippen LogP contribution in [-0.4, -0.2) is 71.3 Å². The molecular formula is C22H25N3O9S. The number of hydrogen-bond acceptors (Lipinski definition) is 10. The highest BCUT2D eigenvalue weighted by Crippen LogP contribution is 2.45. The molecule has 0 bridgehead atoms. The van der Waals surface area contributed by atoms with Crippen molar-refractivity contribution in [3.63, 3.8) is 0 Å². The molecule has 1 aromatic rings. The Labute approximate surface area is 206 Å². The number of allylic oxidation sites excluding steroid dienone is 2. The van der Waals surface area contributed by atoms with E-state index in [0.29, 0.717) is 0 Å².